The standard InChI is InChI=1S/C23H27N3O4/c1-3-28-20-11-8-15(14-21(20)29-4-2)23-25-22(26-30-23)18-7-5-6-17-16(18)9-10-19(17)24-12-13-27/h5-8,11,14,19,24,27H,3-4,9-10,12-13H2,1-2H3/t19-/m0/s1. The molecule has 7 nitrogen and oxygen atoms in total. The fraction of sp³-hybridized carbons (Fsp3) is 0.391. The van der Waals surface area contributed by atoms with Gasteiger partial charge in [0.15, 0.2) is 11.5 Å². The predicted octanol–water partition coefficient (Wildman–Crippen LogP) is 3.77. The Morgan fingerprint density at radius 2 is 1.97 bits per heavy atom. The number of fused-ring (bicyclic) bond motifs is 1. The first-order chi connectivity index (χ1) is 14.7. The van der Waals surface area contributed by atoms with Crippen molar-refractivity contribution in [2.45, 2.75) is 32.7 Å². The maximum atomic E-state index is 9.11. The molecule has 0 saturated heterocycles. The highest BCUT2D eigenvalue weighted by Gasteiger charge is 2.26. The van der Waals surface area contributed by atoms with Crippen molar-refractivity contribution in [2.75, 3.05) is 26.4 Å². The zero-order chi connectivity index (χ0) is 20.9. The third kappa shape index (κ3) is 4.04. The summed E-state index contributed by atoms with van der Waals surface area (Å²) in [6.07, 6.45) is 1.93. The molecule has 0 saturated carbocycles. The van der Waals surface area contributed by atoms with Crippen LogP contribution in [-0.2, 0) is 6.42 Å². The molecule has 0 fully saturated rings. The van der Waals surface area contributed by atoms with E-state index < -0.39 is 0 Å². The highest BCUT2D eigenvalue weighted by molar-refractivity contribution is 5.67. The van der Waals surface area contributed by atoms with Crippen LogP contribution < -0.4 is 14.8 Å². The van der Waals surface area contributed by atoms with E-state index in [-0.39, 0.29) is 12.6 Å². The molecule has 1 aromatic heterocycles. The summed E-state index contributed by atoms with van der Waals surface area (Å²) in [6, 6.07) is 12.1. The molecule has 1 heterocycles. The lowest BCUT2D eigenvalue weighted by Gasteiger charge is -2.13. The third-order valence-corrected chi connectivity index (χ3v) is 5.23. The first kappa shape index (κ1) is 20.4. The summed E-state index contributed by atoms with van der Waals surface area (Å²) in [5.74, 6) is 2.39. The van der Waals surface area contributed by atoms with Crippen molar-refractivity contribution in [3.05, 3.63) is 47.5 Å². The lowest BCUT2D eigenvalue weighted by Crippen LogP contribution is -2.22. The van der Waals surface area contributed by atoms with Gasteiger partial charge in [0, 0.05) is 23.7 Å². The summed E-state index contributed by atoms with van der Waals surface area (Å²) in [4.78, 5) is 4.66. The molecule has 2 N–H and O–H groups in total. The summed E-state index contributed by atoms with van der Waals surface area (Å²) in [5, 5.41) is 16.7. The van der Waals surface area contributed by atoms with E-state index in [2.05, 4.69) is 21.5 Å². The Balaban J connectivity index is 1.63. The number of nitrogens with zero attached hydrogens (tertiary/aromatic N) is 2. The van der Waals surface area contributed by atoms with E-state index in [4.69, 9.17) is 19.1 Å². The van der Waals surface area contributed by atoms with E-state index in [1.54, 1.807) is 0 Å². The maximum Gasteiger partial charge on any atom is 0.258 e. The molecule has 0 unspecified atom stereocenters. The van der Waals surface area contributed by atoms with E-state index in [1.807, 2.05) is 44.2 Å². The van der Waals surface area contributed by atoms with Crippen molar-refractivity contribution in [3.63, 3.8) is 0 Å². The molecule has 158 valence electrons. The minimum atomic E-state index is 0.131. The minimum absolute atomic E-state index is 0.131. The van der Waals surface area contributed by atoms with Gasteiger partial charge in [0.2, 0.25) is 5.82 Å². The van der Waals surface area contributed by atoms with Crippen LogP contribution in [0.5, 0.6) is 11.5 Å². The van der Waals surface area contributed by atoms with E-state index in [0.717, 1.165) is 24.0 Å². The van der Waals surface area contributed by atoms with Gasteiger partial charge >= 0.3 is 0 Å². The average Bonchev–Trinajstić information content (AvgIpc) is 3.41. The van der Waals surface area contributed by atoms with E-state index in [1.165, 1.54) is 11.1 Å². The van der Waals surface area contributed by atoms with Gasteiger partial charge in [0.25, 0.3) is 5.89 Å². The van der Waals surface area contributed by atoms with Gasteiger partial charge in [-0.25, -0.2) is 0 Å². The van der Waals surface area contributed by atoms with Gasteiger partial charge in [-0.2, -0.15) is 4.98 Å². The first-order valence-electron chi connectivity index (χ1n) is 10.4. The topological polar surface area (TPSA) is 89.6 Å². The number of hydrogen-bond acceptors (Lipinski definition) is 7. The van der Waals surface area contributed by atoms with Crippen LogP contribution in [0.1, 0.15) is 37.4 Å². The first-order valence-corrected chi connectivity index (χ1v) is 10.4. The molecule has 0 radical (unpaired) electrons. The van der Waals surface area contributed by atoms with Crippen LogP contribution in [-0.4, -0.2) is 41.6 Å². The molecular formula is C23H27N3O4. The summed E-state index contributed by atoms with van der Waals surface area (Å²) in [7, 11) is 0. The highest BCUT2D eigenvalue weighted by Crippen LogP contribution is 2.38. The van der Waals surface area contributed by atoms with E-state index >= 15 is 0 Å². The van der Waals surface area contributed by atoms with Gasteiger partial charge in [-0.1, -0.05) is 23.4 Å². The number of ether oxygens (including phenoxy) is 2. The zero-order valence-electron chi connectivity index (χ0n) is 17.4. The molecule has 3 aromatic rings. The predicted molar refractivity (Wildman–Crippen MR) is 114 cm³/mol. The van der Waals surface area contributed by atoms with Crippen molar-refractivity contribution in [3.8, 4) is 34.3 Å². The molecule has 0 amide bonds. The zero-order valence-corrected chi connectivity index (χ0v) is 17.4. The Bertz CT molecular complexity index is 1000. The van der Waals surface area contributed by atoms with Crippen LogP contribution in [0.3, 0.4) is 0 Å². The van der Waals surface area contributed by atoms with Crippen molar-refractivity contribution in [1.82, 2.24) is 15.5 Å². The van der Waals surface area contributed by atoms with E-state index in [0.29, 0.717) is 43.0 Å². The molecule has 0 bridgehead atoms. The van der Waals surface area contributed by atoms with E-state index in [9.17, 15) is 0 Å². The van der Waals surface area contributed by atoms with Crippen molar-refractivity contribution >= 4 is 0 Å². The number of hydrogen-bond donors (Lipinski definition) is 2. The Morgan fingerprint density at radius 3 is 2.77 bits per heavy atom. The van der Waals surface area contributed by atoms with Gasteiger partial charge in [-0.05, 0) is 56.0 Å². The number of aromatic nitrogens is 2. The van der Waals surface area contributed by atoms with Crippen LogP contribution >= 0.6 is 0 Å². The smallest absolute Gasteiger partial charge is 0.258 e. The van der Waals surface area contributed by atoms with Crippen LogP contribution in [0, 0.1) is 0 Å². The summed E-state index contributed by atoms with van der Waals surface area (Å²) in [6.45, 7) is 5.70. The Labute approximate surface area is 176 Å². The highest BCUT2D eigenvalue weighted by atomic mass is 16.5. The molecular weight excluding hydrogens is 382 g/mol. The molecule has 30 heavy (non-hydrogen) atoms. The van der Waals surface area contributed by atoms with Gasteiger partial charge in [0.1, 0.15) is 0 Å². The lowest BCUT2D eigenvalue weighted by atomic mass is 10.0. The van der Waals surface area contributed by atoms with Gasteiger partial charge in [-0.3, -0.25) is 0 Å². The van der Waals surface area contributed by atoms with Gasteiger partial charge in [-0.15, -0.1) is 0 Å². The van der Waals surface area contributed by atoms with Crippen molar-refractivity contribution < 1.29 is 19.1 Å². The van der Waals surface area contributed by atoms with Crippen molar-refractivity contribution in [1.29, 1.82) is 0 Å². The summed E-state index contributed by atoms with van der Waals surface area (Å²) in [5.41, 5.74) is 4.26. The monoisotopic (exact) mass is 409 g/mol. The molecule has 4 rings (SSSR count). The maximum absolute atomic E-state index is 9.11. The second-order valence-corrected chi connectivity index (χ2v) is 7.09. The fourth-order valence-electron chi connectivity index (χ4n) is 3.95. The average molecular weight is 409 g/mol. The van der Waals surface area contributed by atoms with Crippen LogP contribution in [0.25, 0.3) is 22.8 Å². The number of aliphatic hydroxyl groups is 1. The second kappa shape index (κ2) is 9.28. The Kier molecular flexibility index (Phi) is 6.30. The quantitative estimate of drug-likeness (QED) is 0.556. The second-order valence-electron chi connectivity index (χ2n) is 7.09. The summed E-state index contributed by atoms with van der Waals surface area (Å²) < 4.78 is 16.9. The number of benzene rings is 2. The van der Waals surface area contributed by atoms with Crippen LogP contribution in [0.15, 0.2) is 40.9 Å². The fourth-order valence-corrected chi connectivity index (χ4v) is 3.95. The third-order valence-electron chi connectivity index (χ3n) is 5.23. The van der Waals surface area contributed by atoms with Crippen LogP contribution in [0.2, 0.25) is 0 Å². The largest absolute Gasteiger partial charge is 0.490 e. The van der Waals surface area contributed by atoms with Gasteiger partial charge in [0.05, 0.1) is 19.8 Å². The molecule has 2 aromatic carbocycles. The normalized spacial score (nSPS) is 15.2. The molecule has 7 heteroatoms. The molecule has 1 aliphatic rings. The molecule has 0 aliphatic heterocycles. The number of aliphatic hydroxyl groups excluding tert-OH is 1. The van der Waals surface area contributed by atoms with Gasteiger partial charge < -0.3 is 24.4 Å². The van der Waals surface area contributed by atoms with Crippen LogP contribution in [0.4, 0.5) is 0 Å². The molecule has 1 atom stereocenters. The Hall–Kier alpha value is -2.90. The van der Waals surface area contributed by atoms with Crippen molar-refractivity contribution in [2.24, 2.45) is 0 Å². The number of rotatable bonds is 9. The number of nitrogens with one attached hydrogen (secondary N) is 1. The minimum Gasteiger partial charge on any atom is -0.490 e. The SMILES string of the molecule is CCOc1ccc(-c2nc(-c3cccc4c3CC[C@@H]4NCCO)no2)cc1OCC. The molecule has 0 spiro atoms. The summed E-state index contributed by atoms with van der Waals surface area (Å²) >= 11 is 0. The Morgan fingerprint density at radius 1 is 1.13 bits per heavy atom. The molecule has 1 aliphatic carbocycles. The lowest BCUT2D eigenvalue weighted by molar-refractivity contribution is 0.284.